The molecule has 7 heteroatoms. The third-order valence-electron chi connectivity index (χ3n) is 2.82. The number of aromatic nitrogens is 1. The smallest absolute Gasteiger partial charge is 0.266 e. The van der Waals surface area contributed by atoms with Crippen LogP contribution in [0.4, 0.5) is 5.69 Å². The van der Waals surface area contributed by atoms with Gasteiger partial charge in [-0.2, -0.15) is 0 Å². The largest absolute Gasteiger partial charge is 0.268 e. The van der Waals surface area contributed by atoms with Gasteiger partial charge in [-0.3, -0.25) is 9.59 Å². The van der Waals surface area contributed by atoms with Crippen LogP contribution in [-0.4, -0.2) is 16.8 Å². The van der Waals surface area contributed by atoms with Crippen LogP contribution in [0.5, 0.6) is 0 Å². The number of nitrogens with zero attached hydrogens (tertiary/aromatic N) is 2. The maximum absolute atomic E-state index is 12.5. The molecule has 0 saturated heterocycles. The number of hydrogen-bond donors (Lipinski definition) is 0. The number of imide groups is 1. The third-order valence-corrected chi connectivity index (χ3v) is 3.84. The van der Waals surface area contributed by atoms with Gasteiger partial charge < -0.3 is 0 Å². The molecule has 108 valence electrons. The topological polar surface area (TPSA) is 50.3 Å². The van der Waals surface area contributed by atoms with E-state index >= 15 is 0 Å². The number of pyridine rings is 1. The lowest BCUT2D eigenvalue weighted by molar-refractivity contribution is -0.120. The van der Waals surface area contributed by atoms with Crippen LogP contribution < -0.4 is 4.90 Å². The van der Waals surface area contributed by atoms with Gasteiger partial charge in [-0.05, 0) is 6.92 Å². The molecule has 0 bridgehead atoms. The van der Waals surface area contributed by atoms with Gasteiger partial charge in [0.05, 0.1) is 21.9 Å². The Labute approximate surface area is 136 Å². The van der Waals surface area contributed by atoms with E-state index in [9.17, 15) is 9.59 Å². The fourth-order valence-electron chi connectivity index (χ4n) is 1.93. The predicted octanol–water partition coefficient (Wildman–Crippen LogP) is 3.97. The molecular formula is C14H9Cl3N2O2. The molecule has 2 amide bonds. The standard InChI is InChI=1S/C14H9Cl3N2O2/c1-3-5-8-7(4-2)13(20)19(14(8)21)11-9(15)6-18-12(17)10(11)16/h3-6H,2H2,1H3/b5-3-. The summed E-state index contributed by atoms with van der Waals surface area (Å²) < 4.78 is 0. The molecule has 1 aliphatic rings. The highest BCUT2D eigenvalue weighted by Gasteiger charge is 2.39. The molecule has 0 aliphatic carbocycles. The first-order valence-electron chi connectivity index (χ1n) is 5.81. The molecule has 0 unspecified atom stereocenters. The van der Waals surface area contributed by atoms with Crippen LogP contribution in [0.1, 0.15) is 6.92 Å². The van der Waals surface area contributed by atoms with Crippen molar-refractivity contribution in [3.05, 3.63) is 57.3 Å². The number of anilines is 1. The Balaban J connectivity index is 2.65. The number of rotatable bonds is 3. The second kappa shape index (κ2) is 6.02. The Morgan fingerprint density at radius 1 is 1.19 bits per heavy atom. The van der Waals surface area contributed by atoms with E-state index in [1.165, 1.54) is 18.3 Å². The van der Waals surface area contributed by atoms with Gasteiger partial charge in [0.1, 0.15) is 10.2 Å². The van der Waals surface area contributed by atoms with Gasteiger partial charge >= 0.3 is 0 Å². The summed E-state index contributed by atoms with van der Waals surface area (Å²) in [6.45, 7) is 5.29. The van der Waals surface area contributed by atoms with Gasteiger partial charge in [0, 0.05) is 6.20 Å². The van der Waals surface area contributed by atoms with Gasteiger partial charge in [0.15, 0.2) is 0 Å². The minimum atomic E-state index is -0.561. The summed E-state index contributed by atoms with van der Waals surface area (Å²) >= 11 is 17.9. The molecular weight excluding hydrogens is 335 g/mol. The first-order chi connectivity index (χ1) is 9.93. The molecule has 0 radical (unpaired) electrons. The van der Waals surface area contributed by atoms with Gasteiger partial charge in [0.25, 0.3) is 11.8 Å². The number of amides is 2. The van der Waals surface area contributed by atoms with E-state index < -0.39 is 11.8 Å². The Morgan fingerprint density at radius 3 is 2.38 bits per heavy atom. The minimum Gasteiger partial charge on any atom is -0.268 e. The summed E-state index contributed by atoms with van der Waals surface area (Å²) in [5.74, 6) is -1.10. The van der Waals surface area contributed by atoms with Crippen LogP contribution in [0.3, 0.4) is 0 Å². The maximum Gasteiger partial charge on any atom is 0.266 e. The van der Waals surface area contributed by atoms with Crippen molar-refractivity contribution in [2.45, 2.75) is 6.92 Å². The highest BCUT2D eigenvalue weighted by atomic mass is 35.5. The Kier molecular flexibility index (Phi) is 4.52. The van der Waals surface area contributed by atoms with Crippen LogP contribution in [0.2, 0.25) is 15.2 Å². The molecule has 0 fully saturated rings. The van der Waals surface area contributed by atoms with E-state index in [0.29, 0.717) is 0 Å². The molecule has 0 aromatic carbocycles. The lowest BCUT2D eigenvalue weighted by Crippen LogP contribution is -2.32. The Hall–Kier alpha value is -1.62. The summed E-state index contributed by atoms with van der Waals surface area (Å²) in [5, 5.41) is -0.0523. The summed E-state index contributed by atoms with van der Waals surface area (Å²) in [7, 11) is 0. The molecule has 1 aromatic rings. The van der Waals surface area contributed by atoms with Crippen molar-refractivity contribution in [3.63, 3.8) is 0 Å². The summed E-state index contributed by atoms with van der Waals surface area (Å²) in [5.41, 5.74) is 0.419. The molecule has 21 heavy (non-hydrogen) atoms. The number of carbonyl (C=O) groups is 2. The molecule has 1 aromatic heterocycles. The zero-order valence-electron chi connectivity index (χ0n) is 10.9. The van der Waals surface area contributed by atoms with Crippen molar-refractivity contribution in [3.8, 4) is 0 Å². The van der Waals surface area contributed by atoms with Gasteiger partial charge in [-0.15, -0.1) is 0 Å². The van der Waals surface area contributed by atoms with Gasteiger partial charge in [-0.1, -0.05) is 59.6 Å². The van der Waals surface area contributed by atoms with E-state index in [4.69, 9.17) is 34.8 Å². The predicted molar refractivity (Wildman–Crippen MR) is 83.8 cm³/mol. The normalized spacial score (nSPS) is 15.5. The van der Waals surface area contributed by atoms with Crippen molar-refractivity contribution in [2.75, 3.05) is 4.90 Å². The molecule has 2 heterocycles. The summed E-state index contributed by atoms with van der Waals surface area (Å²) in [6, 6.07) is 0. The molecule has 0 saturated carbocycles. The van der Waals surface area contributed by atoms with Crippen LogP contribution in [0.15, 0.2) is 42.2 Å². The second-order valence-corrected chi connectivity index (χ2v) is 5.18. The van der Waals surface area contributed by atoms with E-state index in [-0.39, 0.29) is 32.0 Å². The Morgan fingerprint density at radius 2 is 1.81 bits per heavy atom. The van der Waals surface area contributed by atoms with Crippen LogP contribution >= 0.6 is 34.8 Å². The highest BCUT2D eigenvalue weighted by molar-refractivity contribution is 6.48. The van der Waals surface area contributed by atoms with Gasteiger partial charge in [-0.25, -0.2) is 9.88 Å². The summed E-state index contributed by atoms with van der Waals surface area (Å²) in [6.07, 6.45) is 5.73. The minimum absolute atomic E-state index is 0.0205. The average molecular weight is 344 g/mol. The van der Waals surface area contributed by atoms with Gasteiger partial charge in [0.2, 0.25) is 0 Å². The Bertz CT molecular complexity index is 723. The quantitative estimate of drug-likeness (QED) is 0.616. The number of carbonyl (C=O) groups excluding carboxylic acids is 2. The molecule has 0 atom stereocenters. The number of hydrogen-bond acceptors (Lipinski definition) is 3. The number of allylic oxidation sites excluding steroid dienone is 1. The van der Waals surface area contributed by atoms with Crippen LogP contribution in [0, 0.1) is 0 Å². The zero-order chi connectivity index (χ0) is 15.7. The fourth-order valence-corrected chi connectivity index (χ4v) is 2.58. The first-order valence-corrected chi connectivity index (χ1v) is 6.95. The first kappa shape index (κ1) is 15.8. The monoisotopic (exact) mass is 342 g/mol. The zero-order valence-corrected chi connectivity index (χ0v) is 13.1. The third kappa shape index (κ3) is 2.50. The van der Waals surface area contributed by atoms with Crippen LogP contribution in [-0.2, 0) is 9.59 Å². The molecule has 4 nitrogen and oxygen atoms in total. The van der Waals surface area contributed by atoms with Crippen molar-refractivity contribution in [1.82, 2.24) is 4.98 Å². The van der Waals surface area contributed by atoms with Crippen molar-refractivity contribution in [2.24, 2.45) is 0 Å². The molecule has 1 aliphatic heterocycles. The van der Waals surface area contributed by atoms with E-state index in [1.807, 2.05) is 0 Å². The lowest BCUT2D eigenvalue weighted by Gasteiger charge is -2.18. The van der Waals surface area contributed by atoms with E-state index in [0.717, 1.165) is 4.90 Å². The summed E-state index contributed by atoms with van der Waals surface area (Å²) in [4.78, 5) is 29.5. The van der Waals surface area contributed by atoms with E-state index in [1.54, 1.807) is 13.0 Å². The van der Waals surface area contributed by atoms with Crippen molar-refractivity contribution >= 4 is 52.3 Å². The SMILES string of the molecule is C=CC1=C(/C=C\C)C(=O)N(c2c(Cl)cnc(Cl)c2Cl)C1=O. The molecule has 0 spiro atoms. The molecule has 2 rings (SSSR count). The fraction of sp³-hybridized carbons (Fsp3) is 0.0714. The second-order valence-electron chi connectivity index (χ2n) is 4.04. The van der Waals surface area contributed by atoms with Crippen molar-refractivity contribution in [1.29, 1.82) is 0 Å². The van der Waals surface area contributed by atoms with Crippen LogP contribution in [0.25, 0.3) is 0 Å². The highest BCUT2D eigenvalue weighted by Crippen LogP contribution is 2.40. The lowest BCUT2D eigenvalue weighted by atomic mass is 10.1. The molecule has 0 N–H and O–H groups in total. The van der Waals surface area contributed by atoms with E-state index in [2.05, 4.69) is 11.6 Å². The number of halogens is 3. The maximum atomic E-state index is 12.5. The van der Waals surface area contributed by atoms with Crippen molar-refractivity contribution < 1.29 is 9.59 Å². The average Bonchev–Trinajstić information content (AvgIpc) is 2.68.